The van der Waals surface area contributed by atoms with E-state index in [4.69, 9.17) is 0 Å². The molecule has 2 aromatic carbocycles. The molecule has 1 unspecified atom stereocenters. The highest BCUT2D eigenvalue weighted by Crippen LogP contribution is 2.32. The van der Waals surface area contributed by atoms with Gasteiger partial charge in [-0.2, -0.15) is 30.0 Å². The number of thioether (sulfide) groups is 1. The van der Waals surface area contributed by atoms with Gasteiger partial charge in [0.25, 0.3) is 0 Å². The second kappa shape index (κ2) is 8.08. The van der Waals surface area contributed by atoms with Gasteiger partial charge in [0.1, 0.15) is 6.04 Å². The largest absolute Gasteiger partial charge is 0.416 e. The van der Waals surface area contributed by atoms with E-state index in [1.54, 1.807) is 6.20 Å². The zero-order valence-corrected chi connectivity index (χ0v) is 16.0. The summed E-state index contributed by atoms with van der Waals surface area (Å²) < 4.78 is 38.2. The summed E-state index contributed by atoms with van der Waals surface area (Å²) in [7, 11) is 0. The molecule has 3 N–H and O–H groups in total. The number of carbonyl (C=O) groups excluding carboxylic acids is 1. The van der Waals surface area contributed by atoms with Gasteiger partial charge < -0.3 is 5.32 Å². The van der Waals surface area contributed by atoms with Gasteiger partial charge in [0.05, 0.1) is 17.3 Å². The van der Waals surface area contributed by atoms with Crippen molar-refractivity contribution in [1.82, 2.24) is 20.8 Å². The number of fused-ring (bicyclic) bond motifs is 1. The first-order valence-electron chi connectivity index (χ1n) is 8.98. The summed E-state index contributed by atoms with van der Waals surface area (Å²) in [5.74, 6) is 2.28. The van der Waals surface area contributed by atoms with Crippen LogP contribution in [0.3, 0.4) is 0 Å². The molecule has 29 heavy (non-hydrogen) atoms. The highest BCUT2D eigenvalue weighted by Gasteiger charge is 2.31. The van der Waals surface area contributed by atoms with Gasteiger partial charge in [-0.15, -0.1) is 0 Å². The number of nitrogens with zero attached hydrogens (tertiary/aromatic N) is 1. The molecule has 1 aliphatic rings. The predicted molar refractivity (Wildman–Crippen MR) is 106 cm³/mol. The fraction of sp³-hybridized carbons (Fsp3) is 0.250. The monoisotopic (exact) mass is 419 g/mol. The minimum Gasteiger partial charge on any atom is -0.351 e. The Hall–Kier alpha value is -2.52. The molecule has 5 nitrogen and oxygen atoms in total. The van der Waals surface area contributed by atoms with E-state index in [1.165, 1.54) is 23.9 Å². The zero-order valence-electron chi connectivity index (χ0n) is 15.2. The number of hydrogen-bond donors (Lipinski definition) is 3. The lowest BCUT2D eigenvalue weighted by molar-refractivity contribution is -0.137. The molecular weight excluding hydrogens is 401 g/mol. The molecule has 0 bridgehead atoms. The molecule has 1 aliphatic heterocycles. The normalized spacial score (nSPS) is 20.0. The van der Waals surface area contributed by atoms with Crippen molar-refractivity contribution in [2.24, 2.45) is 0 Å². The van der Waals surface area contributed by atoms with E-state index in [2.05, 4.69) is 20.8 Å². The molecule has 151 valence electrons. The van der Waals surface area contributed by atoms with Gasteiger partial charge in [-0.25, -0.2) is 0 Å². The van der Waals surface area contributed by atoms with Crippen LogP contribution >= 0.6 is 11.8 Å². The van der Waals surface area contributed by atoms with Crippen molar-refractivity contribution in [2.45, 2.75) is 24.8 Å². The van der Waals surface area contributed by atoms with Gasteiger partial charge >= 0.3 is 6.18 Å². The summed E-state index contributed by atoms with van der Waals surface area (Å²) in [6, 6.07) is 10.1. The van der Waals surface area contributed by atoms with Crippen molar-refractivity contribution < 1.29 is 18.0 Å². The molecule has 1 amide bonds. The predicted octanol–water partition coefficient (Wildman–Crippen LogP) is 3.81. The van der Waals surface area contributed by atoms with Crippen LogP contribution in [0.1, 0.15) is 22.7 Å². The van der Waals surface area contributed by atoms with Crippen LogP contribution in [-0.4, -0.2) is 27.9 Å². The lowest BCUT2D eigenvalue weighted by Crippen LogP contribution is -2.48. The summed E-state index contributed by atoms with van der Waals surface area (Å²) in [4.78, 5) is 12.6. The Labute approximate surface area is 169 Å². The molecular formula is C20H18F3N4OS. The zero-order chi connectivity index (χ0) is 20.4. The van der Waals surface area contributed by atoms with Crippen LogP contribution in [0.5, 0.6) is 0 Å². The van der Waals surface area contributed by atoms with Crippen molar-refractivity contribution in [3.05, 3.63) is 71.1 Å². The van der Waals surface area contributed by atoms with Crippen LogP contribution < -0.4 is 10.6 Å². The first kappa shape index (κ1) is 19.8. The number of aromatic amines is 1. The third-order valence-electron chi connectivity index (χ3n) is 4.77. The van der Waals surface area contributed by atoms with Crippen LogP contribution in [0.2, 0.25) is 0 Å². The van der Waals surface area contributed by atoms with Crippen LogP contribution in [0.4, 0.5) is 13.2 Å². The Bertz CT molecular complexity index is 1000. The molecule has 2 heterocycles. The van der Waals surface area contributed by atoms with Gasteiger partial charge in [0.2, 0.25) is 5.91 Å². The van der Waals surface area contributed by atoms with Crippen molar-refractivity contribution in [1.29, 1.82) is 0 Å². The maximum absolute atomic E-state index is 12.7. The highest BCUT2D eigenvalue weighted by molar-refractivity contribution is 8.01. The maximum Gasteiger partial charge on any atom is 0.416 e. The number of alkyl halides is 3. The van der Waals surface area contributed by atoms with E-state index in [9.17, 15) is 18.0 Å². The second-order valence-electron chi connectivity index (χ2n) is 6.80. The number of benzene rings is 2. The van der Waals surface area contributed by atoms with Crippen molar-refractivity contribution in [3.63, 3.8) is 0 Å². The fourth-order valence-electron chi connectivity index (χ4n) is 3.19. The van der Waals surface area contributed by atoms with Gasteiger partial charge in [-0.1, -0.05) is 18.2 Å². The molecule has 1 radical (unpaired) electrons. The first-order valence-corrected chi connectivity index (χ1v) is 10.0. The summed E-state index contributed by atoms with van der Waals surface area (Å²) in [6.45, 7) is 0.377. The summed E-state index contributed by atoms with van der Waals surface area (Å²) in [5, 5.41) is 13.9. The number of nitrogens with one attached hydrogen (secondary N) is 3. The number of carbonyl (C=O) groups is 1. The van der Waals surface area contributed by atoms with E-state index in [-0.39, 0.29) is 11.9 Å². The minimum absolute atomic E-state index is 0.179. The van der Waals surface area contributed by atoms with E-state index < -0.39 is 17.8 Å². The van der Waals surface area contributed by atoms with Gasteiger partial charge in [-0.05, 0) is 35.4 Å². The Balaban J connectivity index is 1.36. The average Bonchev–Trinajstić information content (AvgIpc) is 3.19. The van der Waals surface area contributed by atoms with E-state index in [0.717, 1.165) is 34.2 Å². The topological polar surface area (TPSA) is 69.8 Å². The molecule has 1 saturated heterocycles. The van der Waals surface area contributed by atoms with E-state index in [1.807, 2.05) is 24.0 Å². The van der Waals surface area contributed by atoms with Gasteiger partial charge in [0, 0.05) is 29.5 Å². The van der Waals surface area contributed by atoms with Crippen LogP contribution in [0.25, 0.3) is 10.9 Å². The molecule has 0 saturated carbocycles. The number of H-pyrrole nitrogens is 1. The number of aromatic nitrogens is 2. The molecule has 1 aromatic heterocycles. The van der Waals surface area contributed by atoms with Crippen molar-refractivity contribution >= 4 is 28.6 Å². The summed E-state index contributed by atoms with van der Waals surface area (Å²) in [6.07, 6.45) is -2.63. The Morgan fingerprint density at radius 2 is 2.00 bits per heavy atom. The smallest absolute Gasteiger partial charge is 0.351 e. The number of hydrogen-bond acceptors (Lipinski definition) is 4. The molecule has 1 fully saturated rings. The first-order chi connectivity index (χ1) is 13.9. The minimum atomic E-state index is -4.36. The van der Waals surface area contributed by atoms with Gasteiger partial charge in [-0.3, -0.25) is 15.2 Å². The van der Waals surface area contributed by atoms with Crippen LogP contribution in [-0.2, 0) is 17.5 Å². The van der Waals surface area contributed by atoms with Crippen molar-refractivity contribution in [2.75, 3.05) is 5.75 Å². The van der Waals surface area contributed by atoms with Crippen LogP contribution in [0.15, 0.2) is 48.7 Å². The highest BCUT2D eigenvalue weighted by atomic mass is 32.2. The molecule has 0 spiro atoms. The lowest BCUT2D eigenvalue weighted by Gasteiger charge is -2.30. The second-order valence-corrected chi connectivity index (χ2v) is 7.73. The SMILES string of the molecule is O=C(NCc1ccc2[nH]ncc2c1)[C@@H]1[CH]SCC(c2ccc(C(F)(F)F)cc2)N1. The molecule has 0 aliphatic carbocycles. The number of rotatable bonds is 4. The standard InChI is InChI=1S/C20H18F3N4OS/c21-20(22,23)15-4-2-13(3-5-15)17-10-29-11-18(26-17)19(28)24-8-12-1-6-16-14(7-12)9-25-27-16/h1-7,9,11,17-18,26H,8,10H2,(H,24,28)(H,25,27)/t17?,18-/m0/s1. The fourth-order valence-corrected chi connectivity index (χ4v) is 4.17. The number of amides is 1. The summed E-state index contributed by atoms with van der Waals surface area (Å²) in [5.41, 5.74) is 1.93. The quantitative estimate of drug-likeness (QED) is 0.602. The third-order valence-corrected chi connectivity index (χ3v) is 5.76. The molecule has 4 rings (SSSR count). The summed E-state index contributed by atoms with van der Waals surface area (Å²) >= 11 is 1.49. The average molecular weight is 419 g/mol. The third kappa shape index (κ3) is 4.56. The Morgan fingerprint density at radius 3 is 2.76 bits per heavy atom. The maximum atomic E-state index is 12.7. The molecule has 9 heteroatoms. The van der Waals surface area contributed by atoms with Gasteiger partial charge in [0.15, 0.2) is 0 Å². The van der Waals surface area contributed by atoms with E-state index >= 15 is 0 Å². The number of halogens is 3. The van der Waals surface area contributed by atoms with Crippen molar-refractivity contribution in [3.8, 4) is 0 Å². The molecule has 3 aromatic rings. The Morgan fingerprint density at radius 1 is 1.21 bits per heavy atom. The lowest BCUT2D eigenvalue weighted by atomic mass is 10.0. The Kier molecular flexibility index (Phi) is 5.51. The molecule has 2 atom stereocenters. The van der Waals surface area contributed by atoms with E-state index in [0.29, 0.717) is 12.3 Å². The van der Waals surface area contributed by atoms with Crippen LogP contribution in [0, 0.1) is 5.75 Å².